The third-order valence-corrected chi connectivity index (χ3v) is 4.85. The monoisotopic (exact) mass is 266 g/mol. The molecule has 5 heteroatoms. The van der Waals surface area contributed by atoms with Crippen molar-refractivity contribution in [1.29, 1.82) is 5.26 Å². The highest BCUT2D eigenvalue weighted by molar-refractivity contribution is 7.92. The number of rotatable bonds is 5. The van der Waals surface area contributed by atoms with Gasteiger partial charge in [0.25, 0.3) is 0 Å². The van der Waals surface area contributed by atoms with Crippen molar-refractivity contribution in [3.8, 4) is 6.07 Å². The lowest BCUT2D eigenvalue weighted by molar-refractivity contribution is 0.587. The summed E-state index contributed by atoms with van der Waals surface area (Å²) in [6.45, 7) is 5.66. The van der Waals surface area contributed by atoms with Crippen molar-refractivity contribution < 1.29 is 8.42 Å². The molecule has 18 heavy (non-hydrogen) atoms. The summed E-state index contributed by atoms with van der Waals surface area (Å²) in [4.78, 5) is 0.342. The lowest BCUT2D eigenvalue weighted by atomic mass is 10.2. The molecule has 0 bridgehead atoms. The maximum absolute atomic E-state index is 11.9. The Labute approximate surface area is 109 Å². The lowest BCUT2D eigenvalue weighted by Crippen LogP contribution is -2.23. The fraction of sp³-hybridized carbons (Fsp3) is 0.462. The van der Waals surface area contributed by atoms with Gasteiger partial charge in [0.05, 0.1) is 22.3 Å². The first-order valence-electron chi connectivity index (χ1n) is 5.83. The lowest BCUT2D eigenvalue weighted by Gasteiger charge is -2.09. The second-order valence-electron chi connectivity index (χ2n) is 4.47. The molecular formula is C13H18N2O2S. The largest absolute Gasteiger partial charge is 0.298 e. The summed E-state index contributed by atoms with van der Waals surface area (Å²) in [7, 11) is -3.20. The van der Waals surface area contributed by atoms with Gasteiger partial charge in [-0.1, -0.05) is 12.1 Å². The fourth-order valence-electron chi connectivity index (χ4n) is 1.39. The maximum Gasteiger partial charge on any atom is 0.180 e. The van der Waals surface area contributed by atoms with Crippen molar-refractivity contribution >= 4 is 9.84 Å². The van der Waals surface area contributed by atoms with Crippen LogP contribution in [0, 0.1) is 11.3 Å². The van der Waals surface area contributed by atoms with Gasteiger partial charge >= 0.3 is 0 Å². The van der Waals surface area contributed by atoms with Gasteiger partial charge in [0.15, 0.2) is 9.84 Å². The molecular weight excluding hydrogens is 248 g/mol. The van der Waals surface area contributed by atoms with Gasteiger partial charge < -0.3 is 0 Å². The molecule has 0 amide bonds. The smallest absolute Gasteiger partial charge is 0.180 e. The van der Waals surface area contributed by atoms with Crippen LogP contribution in [-0.4, -0.2) is 19.7 Å². The molecule has 0 aliphatic carbocycles. The number of hydrogen-bond donors (Lipinski definition) is 1. The predicted octanol–water partition coefficient (Wildman–Crippen LogP) is 1.87. The van der Waals surface area contributed by atoms with Crippen LogP contribution < -0.4 is 5.32 Å². The zero-order valence-corrected chi connectivity index (χ0v) is 11.7. The molecule has 0 aliphatic heterocycles. The normalized spacial score (nSPS) is 13.3. The molecule has 4 nitrogen and oxygen atoms in total. The molecule has 0 saturated carbocycles. The molecule has 98 valence electrons. The number of nitrogens with one attached hydrogen (secondary N) is 1. The van der Waals surface area contributed by atoms with Gasteiger partial charge in [0, 0.05) is 6.54 Å². The Balaban J connectivity index is 2.79. The number of nitrogens with zero attached hydrogens (tertiary/aromatic N) is 1. The van der Waals surface area contributed by atoms with Crippen LogP contribution in [0.15, 0.2) is 29.2 Å². The van der Waals surface area contributed by atoms with Gasteiger partial charge in [0.1, 0.15) is 0 Å². The van der Waals surface area contributed by atoms with E-state index in [4.69, 9.17) is 5.26 Å². The van der Waals surface area contributed by atoms with Gasteiger partial charge in [0.2, 0.25) is 0 Å². The highest BCUT2D eigenvalue weighted by Crippen LogP contribution is 2.16. The highest BCUT2D eigenvalue weighted by atomic mass is 32.2. The van der Waals surface area contributed by atoms with Crippen molar-refractivity contribution in [1.82, 2.24) is 5.32 Å². The van der Waals surface area contributed by atoms with Crippen LogP contribution in [0.1, 0.15) is 26.3 Å². The van der Waals surface area contributed by atoms with Crippen molar-refractivity contribution in [3.05, 3.63) is 29.8 Å². The second-order valence-corrected chi connectivity index (χ2v) is 6.97. The second kappa shape index (κ2) is 5.98. The maximum atomic E-state index is 11.9. The van der Waals surface area contributed by atoms with E-state index in [1.165, 1.54) is 0 Å². The summed E-state index contributed by atoms with van der Waals surface area (Å²) in [5.74, 6) is 0. The number of nitriles is 1. The average Bonchev–Trinajstić information content (AvgIpc) is 2.36. The van der Waals surface area contributed by atoms with Crippen molar-refractivity contribution in [2.24, 2.45) is 0 Å². The number of benzene rings is 1. The van der Waals surface area contributed by atoms with Crippen molar-refractivity contribution in [3.63, 3.8) is 0 Å². The van der Waals surface area contributed by atoms with Gasteiger partial charge in [-0.25, -0.2) is 8.42 Å². The molecule has 0 heterocycles. The van der Waals surface area contributed by atoms with Crippen LogP contribution in [0.4, 0.5) is 0 Å². The van der Waals surface area contributed by atoms with Crippen molar-refractivity contribution in [2.75, 3.05) is 0 Å². The van der Waals surface area contributed by atoms with Crippen LogP contribution in [0.5, 0.6) is 0 Å². The quantitative estimate of drug-likeness (QED) is 0.883. The van der Waals surface area contributed by atoms with Crippen LogP contribution in [0.25, 0.3) is 0 Å². The van der Waals surface area contributed by atoms with E-state index in [1.807, 2.05) is 0 Å². The zero-order chi connectivity index (χ0) is 13.8. The topological polar surface area (TPSA) is 70.0 Å². The molecule has 0 aliphatic rings. The summed E-state index contributed by atoms with van der Waals surface area (Å²) in [5.41, 5.74) is 0.958. The zero-order valence-electron chi connectivity index (χ0n) is 10.8. The van der Waals surface area contributed by atoms with Crippen LogP contribution in [-0.2, 0) is 16.4 Å². The minimum absolute atomic E-state index is 0.218. The standard InChI is InChI=1S/C13H18N2O2S/c1-10(2)18(16,17)13-6-4-12(5-7-13)9-15-11(3)8-14/h4-7,10-11,15H,9H2,1-3H3. The molecule has 1 aromatic rings. The third-order valence-electron chi connectivity index (χ3n) is 2.68. The number of hydrogen-bond acceptors (Lipinski definition) is 4. The van der Waals surface area contributed by atoms with E-state index in [0.717, 1.165) is 5.56 Å². The van der Waals surface area contributed by atoms with E-state index in [2.05, 4.69) is 11.4 Å². The summed E-state index contributed by atoms with van der Waals surface area (Å²) in [6, 6.07) is 8.63. The minimum atomic E-state index is -3.20. The van der Waals surface area contributed by atoms with E-state index in [0.29, 0.717) is 11.4 Å². The Morgan fingerprint density at radius 1 is 1.22 bits per heavy atom. The summed E-state index contributed by atoms with van der Waals surface area (Å²) < 4.78 is 23.8. The molecule has 1 aromatic carbocycles. The Morgan fingerprint density at radius 3 is 2.22 bits per heavy atom. The first-order valence-corrected chi connectivity index (χ1v) is 7.38. The van der Waals surface area contributed by atoms with Gasteiger partial charge in [-0.2, -0.15) is 5.26 Å². The number of sulfone groups is 1. The SMILES string of the molecule is CC(C#N)NCc1ccc(S(=O)(=O)C(C)C)cc1. The Bertz CT molecular complexity index is 527. The van der Waals surface area contributed by atoms with Crippen molar-refractivity contribution in [2.45, 2.75) is 43.5 Å². The highest BCUT2D eigenvalue weighted by Gasteiger charge is 2.18. The summed E-state index contributed by atoms with van der Waals surface area (Å²) >= 11 is 0. The minimum Gasteiger partial charge on any atom is -0.298 e. The van der Waals surface area contributed by atoms with E-state index in [-0.39, 0.29) is 6.04 Å². The fourth-order valence-corrected chi connectivity index (χ4v) is 2.45. The molecule has 0 aromatic heterocycles. The van der Waals surface area contributed by atoms with E-state index in [1.54, 1.807) is 45.0 Å². The summed E-state index contributed by atoms with van der Waals surface area (Å²) in [5, 5.41) is 11.2. The molecule has 0 radical (unpaired) electrons. The molecule has 0 fully saturated rings. The molecule has 0 saturated heterocycles. The van der Waals surface area contributed by atoms with Gasteiger partial charge in [-0.05, 0) is 38.5 Å². The first kappa shape index (κ1) is 14.7. The van der Waals surface area contributed by atoms with Gasteiger partial charge in [-0.15, -0.1) is 0 Å². The Morgan fingerprint density at radius 2 is 1.78 bits per heavy atom. The molecule has 1 atom stereocenters. The van der Waals surface area contributed by atoms with E-state index in [9.17, 15) is 8.42 Å². The predicted molar refractivity (Wildman–Crippen MR) is 70.7 cm³/mol. The van der Waals surface area contributed by atoms with E-state index < -0.39 is 15.1 Å². The van der Waals surface area contributed by atoms with E-state index >= 15 is 0 Å². The Hall–Kier alpha value is -1.38. The van der Waals surface area contributed by atoms with Crippen LogP contribution in [0.2, 0.25) is 0 Å². The molecule has 0 spiro atoms. The molecule has 1 rings (SSSR count). The summed E-state index contributed by atoms with van der Waals surface area (Å²) in [6.07, 6.45) is 0. The molecule has 1 N–H and O–H groups in total. The van der Waals surface area contributed by atoms with Crippen LogP contribution in [0.3, 0.4) is 0 Å². The van der Waals surface area contributed by atoms with Crippen LogP contribution >= 0.6 is 0 Å². The van der Waals surface area contributed by atoms with Gasteiger partial charge in [-0.3, -0.25) is 5.32 Å². The first-order chi connectivity index (χ1) is 8.37. The Kier molecular flexibility index (Phi) is 4.88. The third kappa shape index (κ3) is 3.56. The average molecular weight is 266 g/mol. The molecule has 1 unspecified atom stereocenters.